The van der Waals surface area contributed by atoms with Crippen LogP contribution in [-0.4, -0.2) is 49.8 Å². The summed E-state index contributed by atoms with van der Waals surface area (Å²) in [7, 11) is -3.88. The van der Waals surface area contributed by atoms with Gasteiger partial charge in [-0.05, 0) is 56.9 Å². The molecule has 3 aromatic rings. The third kappa shape index (κ3) is 5.69. The first-order valence-corrected chi connectivity index (χ1v) is 13.9. The van der Waals surface area contributed by atoms with Gasteiger partial charge in [-0.3, -0.25) is 9.59 Å². The zero-order chi connectivity index (χ0) is 27.0. The lowest BCUT2D eigenvalue weighted by atomic mass is 9.93. The molecule has 1 saturated heterocycles. The molecule has 37 heavy (non-hydrogen) atoms. The Morgan fingerprint density at radius 3 is 2.30 bits per heavy atom. The van der Waals surface area contributed by atoms with Crippen molar-refractivity contribution in [2.75, 3.05) is 18.4 Å². The van der Waals surface area contributed by atoms with Crippen LogP contribution in [0.4, 0.5) is 5.69 Å². The van der Waals surface area contributed by atoms with Crippen molar-refractivity contribution in [3.05, 3.63) is 71.8 Å². The van der Waals surface area contributed by atoms with Gasteiger partial charge in [-0.2, -0.15) is 0 Å². The molecule has 196 valence electrons. The Bertz CT molecular complexity index is 1450. The second-order valence-electron chi connectivity index (χ2n) is 10.4. The van der Waals surface area contributed by atoms with Crippen LogP contribution in [0.1, 0.15) is 43.1 Å². The van der Waals surface area contributed by atoms with E-state index in [9.17, 15) is 18.0 Å². The van der Waals surface area contributed by atoms with Crippen LogP contribution in [0.3, 0.4) is 0 Å². The number of likely N-dealkylation sites (tertiary alicyclic amines) is 1. The summed E-state index contributed by atoms with van der Waals surface area (Å²) in [5.41, 5.74) is 6.95. The molecule has 9 heteroatoms. The number of rotatable bonds is 6. The summed E-state index contributed by atoms with van der Waals surface area (Å²) in [5.74, 6) is -0.489. The smallest absolute Gasteiger partial charge is 0.255 e. The van der Waals surface area contributed by atoms with E-state index in [-0.39, 0.29) is 28.7 Å². The second-order valence-corrected chi connectivity index (χ2v) is 12.1. The first-order chi connectivity index (χ1) is 17.4. The van der Waals surface area contributed by atoms with E-state index in [1.54, 1.807) is 55.1 Å². The molecule has 0 aliphatic carbocycles. The molecule has 1 aliphatic rings. The number of carbonyl (C=O) groups excluding carboxylic acids is 2. The van der Waals surface area contributed by atoms with Gasteiger partial charge in [0.15, 0.2) is 0 Å². The molecule has 0 saturated carbocycles. The number of nitrogens with one attached hydrogen (secondary N) is 2. The van der Waals surface area contributed by atoms with Crippen LogP contribution in [0.15, 0.2) is 65.6 Å². The third-order valence-corrected chi connectivity index (χ3v) is 8.41. The van der Waals surface area contributed by atoms with Crippen molar-refractivity contribution in [3.8, 4) is 0 Å². The van der Waals surface area contributed by atoms with Crippen molar-refractivity contribution in [1.82, 2.24) is 9.62 Å². The molecule has 4 rings (SSSR count). The number of hydrogen-bond acceptors (Lipinski definition) is 5. The molecular weight excluding hydrogens is 488 g/mol. The second kappa shape index (κ2) is 10.2. The van der Waals surface area contributed by atoms with Gasteiger partial charge in [-0.15, -0.1) is 0 Å². The molecule has 0 bridgehead atoms. The Hall–Kier alpha value is -3.27. The lowest BCUT2D eigenvalue weighted by Crippen LogP contribution is -2.57. The SMILES string of the molecule is Cc1ccccc1C(=O)Nc1ccc(S(=O)(=O)N[C@@H]2CCN(C(=O)C(C)(C)N)C[C@@H]2C)c2ccccc12. The lowest BCUT2D eigenvalue weighted by Gasteiger charge is -2.39. The summed E-state index contributed by atoms with van der Waals surface area (Å²) in [6.07, 6.45) is 0.491. The largest absolute Gasteiger partial charge is 0.341 e. The molecule has 3 aromatic carbocycles. The van der Waals surface area contributed by atoms with Crippen LogP contribution >= 0.6 is 0 Å². The molecule has 0 unspecified atom stereocenters. The number of amides is 2. The first-order valence-electron chi connectivity index (χ1n) is 12.4. The topological polar surface area (TPSA) is 122 Å². The van der Waals surface area contributed by atoms with Gasteiger partial charge < -0.3 is 16.0 Å². The number of anilines is 1. The molecule has 4 N–H and O–H groups in total. The van der Waals surface area contributed by atoms with Crippen LogP contribution in [0.2, 0.25) is 0 Å². The van der Waals surface area contributed by atoms with Crippen molar-refractivity contribution in [1.29, 1.82) is 0 Å². The van der Waals surface area contributed by atoms with Crippen LogP contribution in [0, 0.1) is 12.8 Å². The van der Waals surface area contributed by atoms with E-state index in [2.05, 4.69) is 10.0 Å². The highest BCUT2D eigenvalue weighted by molar-refractivity contribution is 7.89. The molecule has 1 aliphatic heterocycles. The highest BCUT2D eigenvalue weighted by atomic mass is 32.2. The molecule has 8 nitrogen and oxygen atoms in total. The molecule has 2 atom stereocenters. The summed E-state index contributed by atoms with van der Waals surface area (Å²) in [4.78, 5) is 27.3. The fourth-order valence-electron chi connectivity index (χ4n) is 4.81. The van der Waals surface area contributed by atoms with Gasteiger partial charge in [0.05, 0.1) is 10.4 Å². The number of hydrogen-bond donors (Lipinski definition) is 3. The summed E-state index contributed by atoms with van der Waals surface area (Å²) in [6, 6.07) is 17.2. The fourth-order valence-corrected chi connectivity index (χ4v) is 6.40. The standard InChI is InChI=1S/C28H34N4O4S/c1-18-9-5-6-10-20(18)26(33)30-24-13-14-25(22-12-8-7-11-21(22)24)37(35,36)31-23-15-16-32(17-19(23)2)27(34)28(3,4)29/h5-14,19,23,31H,15-17,29H2,1-4H3,(H,30,33)/t19-,23+/m0/s1. The highest BCUT2D eigenvalue weighted by Crippen LogP contribution is 2.31. The minimum Gasteiger partial charge on any atom is -0.341 e. The van der Waals surface area contributed by atoms with E-state index in [0.29, 0.717) is 41.5 Å². The van der Waals surface area contributed by atoms with Gasteiger partial charge in [0.1, 0.15) is 0 Å². The van der Waals surface area contributed by atoms with Gasteiger partial charge in [0.25, 0.3) is 5.91 Å². The molecule has 2 amide bonds. The quantitative estimate of drug-likeness (QED) is 0.456. The number of benzene rings is 3. The normalized spacial score (nSPS) is 18.6. The molecule has 1 heterocycles. The summed E-state index contributed by atoms with van der Waals surface area (Å²) < 4.78 is 29.9. The number of fused-ring (bicyclic) bond motifs is 1. The minimum absolute atomic E-state index is 0.0891. The van der Waals surface area contributed by atoms with Gasteiger partial charge in [-0.1, -0.05) is 49.4 Å². The van der Waals surface area contributed by atoms with Crippen molar-refractivity contribution in [2.45, 2.75) is 50.6 Å². The average Bonchev–Trinajstić information content (AvgIpc) is 2.84. The van der Waals surface area contributed by atoms with E-state index < -0.39 is 15.6 Å². The monoisotopic (exact) mass is 522 g/mol. The summed E-state index contributed by atoms with van der Waals surface area (Å²) in [6.45, 7) is 8.00. The van der Waals surface area contributed by atoms with Gasteiger partial charge >= 0.3 is 0 Å². The maximum absolute atomic E-state index is 13.5. The van der Waals surface area contributed by atoms with Crippen LogP contribution in [0.25, 0.3) is 10.8 Å². The Morgan fingerprint density at radius 2 is 1.65 bits per heavy atom. The summed E-state index contributed by atoms with van der Waals surface area (Å²) >= 11 is 0. The molecule has 0 radical (unpaired) electrons. The van der Waals surface area contributed by atoms with Crippen molar-refractivity contribution < 1.29 is 18.0 Å². The lowest BCUT2D eigenvalue weighted by molar-refractivity contribution is -0.137. The van der Waals surface area contributed by atoms with Gasteiger partial charge in [0.2, 0.25) is 15.9 Å². The van der Waals surface area contributed by atoms with E-state index >= 15 is 0 Å². The number of piperidine rings is 1. The van der Waals surface area contributed by atoms with Crippen LogP contribution in [-0.2, 0) is 14.8 Å². The Labute approximate surface area is 218 Å². The molecular formula is C28H34N4O4S. The number of nitrogens with zero attached hydrogens (tertiary/aromatic N) is 1. The fraction of sp³-hybridized carbons (Fsp3) is 0.357. The van der Waals surface area contributed by atoms with Gasteiger partial charge in [0, 0.05) is 41.2 Å². The van der Waals surface area contributed by atoms with Crippen molar-refractivity contribution in [3.63, 3.8) is 0 Å². The van der Waals surface area contributed by atoms with Crippen molar-refractivity contribution in [2.24, 2.45) is 11.7 Å². The Kier molecular flexibility index (Phi) is 7.41. The van der Waals surface area contributed by atoms with Crippen molar-refractivity contribution >= 4 is 38.3 Å². The molecule has 1 fully saturated rings. The number of sulfonamides is 1. The maximum Gasteiger partial charge on any atom is 0.255 e. The number of nitrogens with two attached hydrogens (primary N) is 1. The van der Waals surface area contributed by atoms with E-state index in [1.807, 2.05) is 32.0 Å². The van der Waals surface area contributed by atoms with Gasteiger partial charge in [-0.25, -0.2) is 13.1 Å². The molecule has 0 aromatic heterocycles. The predicted molar refractivity (Wildman–Crippen MR) is 146 cm³/mol. The third-order valence-electron chi connectivity index (χ3n) is 6.86. The number of aryl methyl sites for hydroxylation is 1. The Morgan fingerprint density at radius 1 is 1.00 bits per heavy atom. The average molecular weight is 523 g/mol. The van der Waals surface area contributed by atoms with E-state index in [0.717, 1.165) is 5.56 Å². The minimum atomic E-state index is -3.88. The zero-order valence-corrected chi connectivity index (χ0v) is 22.4. The van der Waals surface area contributed by atoms with E-state index in [1.165, 1.54) is 6.07 Å². The predicted octanol–water partition coefficient (Wildman–Crippen LogP) is 3.65. The zero-order valence-electron chi connectivity index (χ0n) is 21.6. The highest BCUT2D eigenvalue weighted by Gasteiger charge is 2.36. The summed E-state index contributed by atoms with van der Waals surface area (Å²) in [5, 5.41) is 4.08. The molecule has 0 spiro atoms. The first kappa shape index (κ1) is 26.8. The van der Waals surface area contributed by atoms with Crippen LogP contribution < -0.4 is 15.8 Å². The maximum atomic E-state index is 13.5. The Balaban J connectivity index is 1.57. The van der Waals surface area contributed by atoms with E-state index in [4.69, 9.17) is 5.73 Å². The number of carbonyl (C=O) groups is 2. The van der Waals surface area contributed by atoms with Crippen LogP contribution in [0.5, 0.6) is 0 Å².